The van der Waals surface area contributed by atoms with E-state index in [1.54, 1.807) is 6.07 Å². The summed E-state index contributed by atoms with van der Waals surface area (Å²) in [4.78, 5) is 36.5. The minimum absolute atomic E-state index is 0. The van der Waals surface area contributed by atoms with Crippen molar-refractivity contribution in [1.82, 2.24) is 4.90 Å². The minimum atomic E-state index is -1.23. The van der Waals surface area contributed by atoms with E-state index in [0.29, 0.717) is 11.3 Å². The van der Waals surface area contributed by atoms with Crippen LogP contribution in [-0.2, 0) is 9.59 Å². The molecule has 1 unspecified atom stereocenters. The monoisotopic (exact) mass is 372 g/mol. The Morgan fingerprint density at radius 2 is 1.76 bits per heavy atom. The number of carbonyl (C=O) groups excluding carboxylic acids is 2. The summed E-state index contributed by atoms with van der Waals surface area (Å²) in [7, 11) is 0. The standard InChI is InChI=1S/C17H24N2O5.ClH/c1-6-19(7-2)10(3)14-8-13(18-11(4)20)9-15(17(22)23)16(14)24-12(5)21;/h8-10H,6-7H2,1-5H3,(H,18,20)(H,22,23);1H. The van der Waals surface area contributed by atoms with Crippen molar-refractivity contribution in [2.24, 2.45) is 0 Å². The molecular formula is C17H25ClN2O5. The first-order chi connectivity index (χ1) is 11.2. The Hall–Kier alpha value is -2.12. The number of benzene rings is 1. The molecule has 7 nitrogen and oxygen atoms in total. The molecule has 0 aliphatic heterocycles. The quantitative estimate of drug-likeness (QED) is 0.564. The molecule has 25 heavy (non-hydrogen) atoms. The van der Waals surface area contributed by atoms with Crippen molar-refractivity contribution in [1.29, 1.82) is 0 Å². The predicted molar refractivity (Wildman–Crippen MR) is 97.6 cm³/mol. The number of aromatic carboxylic acids is 1. The average Bonchev–Trinajstić information content (AvgIpc) is 2.48. The molecule has 0 aliphatic carbocycles. The molecule has 140 valence electrons. The summed E-state index contributed by atoms with van der Waals surface area (Å²) in [5, 5.41) is 12.1. The van der Waals surface area contributed by atoms with Gasteiger partial charge in [0.2, 0.25) is 5.91 Å². The molecule has 0 radical (unpaired) electrons. The van der Waals surface area contributed by atoms with Crippen molar-refractivity contribution >= 4 is 35.9 Å². The normalized spacial score (nSPS) is 11.4. The molecule has 1 aromatic rings. The van der Waals surface area contributed by atoms with Crippen LogP contribution in [-0.4, -0.2) is 40.9 Å². The van der Waals surface area contributed by atoms with Gasteiger partial charge in [0.15, 0.2) is 0 Å². The largest absolute Gasteiger partial charge is 0.478 e. The Morgan fingerprint density at radius 3 is 2.16 bits per heavy atom. The second-order valence-electron chi connectivity index (χ2n) is 5.42. The maximum absolute atomic E-state index is 11.6. The zero-order chi connectivity index (χ0) is 18.4. The minimum Gasteiger partial charge on any atom is -0.478 e. The van der Waals surface area contributed by atoms with Crippen molar-refractivity contribution in [3.05, 3.63) is 23.3 Å². The van der Waals surface area contributed by atoms with Crippen LogP contribution >= 0.6 is 12.4 Å². The summed E-state index contributed by atoms with van der Waals surface area (Å²) >= 11 is 0. The zero-order valence-electron chi connectivity index (χ0n) is 15.1. The zero-order valence-corrected chi connectivity index (χ0v) is 15.9. The first-order valence-electron chi connectivity index (χ1n) is 7.82. The third-order valence-corrected chi connectivity index (χ3v) is 3.72. The van der Waals surface area contributed by atoms with Gasteiger partial charge in [-0.15, -0.1) is 12.4 Å². The second-order valence-corrected chi connectivity index (χ2v) is 5.42. The van der Waals surface area contributed by atoms with Gasteiger partial charge in [-0.25, -0.2) is 4.79 Å². The van der Waals surface area contributed by atoms with Gasteiger partial charge in [0.1, 0.15) is 11.3 Å². The lowest BCUT2D eigenvalue weighted by atomic mass is 10.00. The number of hydrogen-bond donors (Lipinski definition) is 2. The summed E-state index contributed by atoms with van der Waals surface area (Å²) in [6.07, 6.45) is 0. The van der Waals surface area contributed by atoms with Gasteiger partial charge in [-0.05, 0) is 32.1 Å². The fourth-order valence-electron chi connectivity index (χ4n) is 2.62. The molecule has 1 atom stereocenters. The van der Waals surface area contributed by atoms with Crippen LogP contribution in [0.5, 0.6) is 5.75 Å². The first-order valence-corrected chi connectivity index (χ1v) is 7.82. The van der Waals surface area contributed by atoms with E-state index in [1.807, 2.05) is 20.8 Å². The summed E-state index contributed by atoms with van der Waals surface area (Å²) < 4.78 is 5.20. The number of carbonyl (C=O) groups is 3. The number of nitrogens with one attached hydrogen (secondary N) is 1. The van der Waals surface area contributed by atoms with E-state index in [0.717, 1.165) is 13.1 Å². The van der Waals surface area contributed by atoms with Gasteiger partial charge >= 0.3 is 11.9 Å². The average molecular weight is 373 g/mol. The highest BCUT2D eigenvalue weighted by atomic mass is 35.5. The number of anilines is 1. The van der Waals surface area contributed by atoms with E-state index in [-0.39, 0.29) is 35.7 Å². The molecule has 8 heteroatoms. The van der Waals surface area contributed by atoms with Crippen LogP contribution < -0.4 is 10.1 Å². The van der Waals surface area contributed by atoms with Crippen LogP contribution in [0.3, 0.4) is 0 Å². The van der Waals surface area contributed by atoms with E-state index >= 15 is 0 Å². The number of carboxylic acids is 1. The molecular weight excluding hydrogens is 348 g/mol. The smallest absolute Gasteiger partial charge is 0.339 e. The van der Waals surface area contributed by atoms with Gasteiger partial charge < -0.3 is 15.2 Å². The highest BCUT2D eigenvalue weighted by molar-refractivity contribution is 5.96. The number of carboxylic acid groups (broad SMARTS) is 1. The van der Waals surface area contributed by atoms with E-state index in [9.17, 15) is 19.5 Å². The molecule has 1 aromatic carbocycles. The van der Waals surface area contributed by atoms with Crippen LogP contribution in [0.1, 0.15) is 56.6 Å². The number of hydrogen-bond acceptors (Lipinski definition) is 5. The van der Waals surface area contributed by atoms with Crippen LogP contribution in [0, 0.1) is 0 Å². The van der Waals surface area contributed by atoms with Crippen molar-refractivity contribution in [3.63, 3.8) is 0 Å². The molecule has 0 spiro atoms. The van der Waals surface area contributed by atoms with E-state index < -0.39 is 11.9 Å². The number of rotatable bonds is 7. The molecule has 1 amide bonds. The first kappa shape index (κ1) is 22.9. The van der Waals surface area contributed by atoms with E-state index in [2.05, 4.69) is 10.2 Å². The van der Waals surface area contributed by atoms with Gasteiger partial charge in [0.05, 0.1) is 0 Å². The van der Waals surface area contributed by atoms with Crippen LogP contribution in [0.25, 0.3) is 0 Å². The number of ether oxygens (including phenoxy) is 1. The second kappa shape index (κ2) is 10.0. The van der Waals surface area contributed by atoms with Gasteiger partial charge in [-0.1, -0.05) is 13.8 Å². The summed E-state index contributed by atoms with van der Waals surface area (Å²) in [6, 6.07) is 2.75. The topological polar surface area (TPSA) is 95.9 Å². The Morgan fingerprint density at radius 1 is 1.20 bits per heavy atom. The van der Waals surface area contributed by atoms with Crippen molar-refractivity contribution < 1.29 is 24.2 Å². The SMILES string of the molecule is CCN(CC)C(C)c1cc(NC(C)=O)cc(C(=O)O)c1OC(C)=O.Cl. The molecule has 0 fully saturated rings. The summed E-state index contributed by atoms with van der Waals surface area (Å²) in [5.74, 6) is -2.12. The van der Waals surface area contributed by atoms with Crippen molar-refractivity contribution in [2.75, 3.05) is 18.4 Å². The third kappa shape index (κ3) is 6.03. The van der Waals surface area contributed by atoms with Gasteiger partial charge in [0.25, 0.3) is 0 Å². The van der Waals surface area contributed by atoms with Crippen molar-refractivity contribution in [3.8, 4) is 5.75 Å². The Balaban J connectivity index is 0.00000576. The predicted octanol–water partition coefficient (Wildman–Crippen LogP) is 3.09. The van der Waals surface area contributed by atoms with E-state index in [4.69, 9.17) is 4.74 Å². The molecule has 0 heterocycles. The molecule has 0 aliphatic rings. The summed E-state index contributed by atoms with van der Waals surface area (Å²) in [6.45, 7) is 9.92. The molecule has 0 aromatic heterocycles. The van der Waals surface area contributed by atoms with Crippen LogP contribution in [0.2, 0.25) is 0 Å². The number of amides is 1. The molecule has 0 saturated carbocycles. The molecule has 2 N–H and O–H groups in total. The van der Waals surface area contributed by atoms with Gasteiger partial charge in [-0.3, -0.25) is 14.5 Å². The lowest BCUT2D eigenvalue weighted by Gasteiger charge is -2.28. The number of esters is 1. The Kier molecular flexibility index (Phi) is 9.16. The van der Waals surface area contributed by atoms with Gasteiger partial charge in [-0.2, -0.15) is 0 Å². The van der Waals surface area contributed by atoms with Gasteiger partial charge in [0, 0.05) is 31.1 Å². The third-order valence-electron chi connectivity index (χ3n) is 3.72. The fraction of sp³-hybridized carbons (Fsp3) is 0.471. The maximum atomic E-state index is 11.6. The van der Waals surface area contributed by atoms with Crippen molar-refractivity contribution in [2.45, 2.75) is 40.7 Å². The highest BCUT2D eigenvalue weighted by Gasteiger charge is 2.25. The molecule has 0 bridgehead atoms. The number of halogens is 1. The lowest BCUT2D eigenvalue weighted by molar-refractivity contribution is -0.132. The fourth-order valence-corrected chi connectivity index (χ4v) is 2.62. The maximum Gasteiger partial charge on any atom is 0.339 e. The van der Waals surface area contributed by atoms with Crippen LogP contribution in [0.4, 0.5) is 5.69 Å². The molecule has 0 saturated heterocycles. The lowest BCUT2D eigenvalue weighted by Crippen LogP contribution is -2.27. The Labute approximate surface area is 153 Å². The Bertz CT molecular complexity index is 644. The van der Waals surface area contributed by atoms with E-state index in [1.165, 1.54) is 19.9 Å². The van der Waals surface area contributed by atoms with Crippen LogP contribution in [0.15, 0.2) is 12.1 Å². The highest BCUT2D eigenvalue weighted by Crippen LogP contribution is 2.35. The number of nitrogens with zero attached hydrogens (tertiary/aromatic N) is 1. The summed E-state index contributed by atoms with van der Waals surface area (Å²) in [5.41, 5.74) is 0.729. The molecule has 1 rings (SSSR count).